The van der Waals surface area contributed by atoms with Crippen LogP contribution in [0.15, 0.2) is 48.7 Å². The molecule has 150 valence electrons. The van der Waals surface area contributed by atoms with Gasteiger partial charge in [0, 0.05) is 45.5 Å². The number of aliphatic hydroxyl groups is 1. The smallest absolute Gasteiger partial charge is 0.130 e. The number of hydrogen-bond acceptors (Lipinski definition) is 6. The zero-order valence-electron chi connectivity index (χ0n) is 16.3. The van der Waals surface area contributed by atoms with Crippen molar-refractivity contribution < 1.29 is 14.6 Å². The van der Waals surface area contributed by atoms with Gasteiger partial charge in [-0.2, -0.15) is 0 Å². The monoisotopic (exact) mass is 383 g/mol. The van der Waals surface area contributed by atoms with E-state index in [1.54, 1.807) is 6.20 Å². The highest BCUT2D eigenvalue weighted by Crippen LogP contribution is 2.25. The summed E-state index contributed by atoms with van der Waals surface area (Å²) < 4.78 is 11.2. The fourth-order valence-electron chi connectivity index (χ4n) is 3.97. The maximum absolute atomic E-state index is 11.0. The molecule has 0 radical (unpaired) electrons. The van der Waals surface area contributed by atoms with Gasteiger partial charge in [0.25, 0.3) is 0 Å². The van der Waals surface area contributed by atoms with Crippen LogP contribution in [0.25, 0.3) is 0 Å². The van der Waals surface area contributed by atoms with Gasteiger partial charge < -0.3 is 14.6 Å². The Kier molecular flexibility index (Phi) is 6.22. The Balaban J connectivity index is 1.25. The standard InChI is InChI=1S/C22H29N3O3/c26-22(17-24-11-13-27-14-12-24)8-10-25(18-22)15-19-4-6-21(7-5-19)28-16-20-3-1-2-9-23-20/h1-7,9,26H,8,10-18H2/t22-/m1/s1. The van der Waals surface area contributed by atoms with Crippen LogP contribution in [-0.2, 0) is 17.9 Å². The molecule has 0 amide bonds. The van der Waals surface area contributed by atoms with Crippen molar-refractivity contribution in [2.45, 2.75) is 25.2 Å². The Hall–Kier alpha value is -1.99. The number of benzene rings is 1. The second-order valence-electron chi connectivity index (χ2n) is 7.83. The molecule has 6 heteroatoms. The zero-order valence-corrected chi connectivity index (χ0v) is 16.3. The number of β-amino-alcohol motifs (C(OH)–C–C–N with tert-alkyl or cyclic N) is 1. The third-order valence-corrected chi connectivity index (χ3v) is 5.48. The molecule has 4 rings (SSSR count). The van der Waals surface area contributed by atoms with Crippen LogP contribution in [0.5, 0.6) is 5.75 Å². The van der Waals surface area contributed by atoms with Crippen LogP contribution in [0, 0.1) is 0 Å². The predicted molar refractivity (Wildman–Crippen MR) is 107 cm³/mol. The summed E-state index contributed by atoms with van der Waals surface area (Å²) in [4.78, 5) is 8.93. The van der Waals surface area contributed by atoms with Gasteiger partial charge in [0.05, 0.1) is 24.5 Å². The zero-order chi connectivity index (χ0) is 19.2. The molecule has 2 fully saturated rings. The first kappa shape index (κ1) is 19.3. The molecule has 1 aromatic carbocycles. The average Bonchev–Trinajstić information content (AvgIpc) is 3.09. The molecule has 1 aromatic heterocycles. The van der Waals surface area contributed by atoms with Gasteiger partial charge >= 0.3 is 0 Å². The Bertz CT molecular complexity index is 734. The second-order valence-corrected chi connectivity index (χ2v) is 7.83. The van der Waals surface area contributed by atoms with Gasteiger partial charge in [-0.15, -0.1) is 0 Å². The molecule has 0 aliphatic carbocycles. The molecule has 2 aliphatic rings. The number of rotatable bonds is 7. The third kappa shape index (κ3) is 5.29. The van der Waals surface area contributed by atoms with Crippen LogP contribution in [-0.4, -0.2) is 71.4 Å². The van der Waals surface area contributed by atoms with Gasteiger partial charge in [-0.05, 0) is 36.2 Å². The number of ether oxygens (including phenoxy) is 2. The normalized spacial score (nSPS) is 23.8. The van der Waals surface area contributed by atoms with Crippen molar-refractivity contribution in [1.29, 1.82) is 0 Å². The fraction of sp³-hybridized carbons (Fsp3) is 0.500. The minimum absolute atomic E-state index is 0.473. The molecule has 1 N–H and O–H groups in total. The molecule has 2 aromatic rings. The summed E-state index contributed by atoms with van der Waals surface area (Å²) in [6.07, 6.45) is 2.60. The van der Waals surface area contributed by atoms with Crippen molar-refractivity contribution in [3.8, 4) is 5.75 Å². The van der Waals surface area contributed by atoms with Crippen molar-refractivity contribution in [3.63, 3.8) is 0 Å². The highest BCUT2D eigenvalue weighted by molar-refractivity contribution is 5.27. The molecule has 3 heterocycles. The molecule has 0 bridgehead atoms. The van der Waals surface area contributed by atoms with Gasteiger partial charge in [0.1, 0.15) is 12.4 Å². The quantitative estimate of drug-likeness (QED) is 0.789. The molecule has 0 unspecified atom stereocenters. The summed E-state index contributed by atoms with van der Waals surface area (Å²) in [5.41, 5.74) is 1.55. The van der Waals surface area contributed by atoms with E-state index in [1.165, 1.54) is 5.56 Å². The van der Waals surface area contributed by atoms with Crippen LogP contribution in [0.4, 0.5) is 0 Å². The molecule has 0 spiro atoms. The van der Waals surface area contributed by atoms with Crippen LogP contribution < -0.4 is 4.74 Å². The topological polar surface area (TPSA) is 58.1 Å². The summed E-state index contributed by atoms with van der Waals surface area (Å²) >= 11 is 0. The number of aromatic nitrogens is 1. The number of morpholine rings is 1. The predicted octanol–water partition coefficient (Wildman–Crippen LogP) is 1.93. The maximum Gasteiger partial charge on any atom is 0.130 e. The number of likely N-dealkylation sites (tertiary alicyclic amines) is 1. The van der Waals surface area contributed by atoms with E-state index in [9.17, 15) is 5.11 Å². The molecule has 28 heavy (non-hydrogen) atoms. The molecule has 6 nitrogen and oxygen atoms in total. The first-order valence-electron chi connectivity index (χ1n) is 10.1. The van der Waals surface area contributed by atoms with E-state index >= 15 is 0 Å². The minimum Gasteiger partial charge on any atom is -0.487 e. The lowest BCUT2D eigenvalue weighted by molar-refractivity contribution is -0.0266. The first-order chi connectivity index (χ1) is 13.7. The lowest BCUT2D eigenvalue weighted by atomic mass is 10.0. The molecular formula is C22H29N3O3. The molecule has 0 saturated carbocycles. The molecular weight excluding hydrogens is 354 g/mol. The maximum atomic E-state index is 11.0. The fourth-order valence-corrected chi connectivity index (χ4v) is 3.97. The van der Waals surface area contributed by atoms with E-state index < -0.39 is 5.60 Å². The van der Waals surface area contributed by atoms with Crippen molar-refractivity contribution in [2.75, 3.05) is 45.9 Å². The van der Waals surface area contributed by atoms with Gasteiger partial charge in [0.15, 0.2) is 0 Å². The lowest BCUT2D eigenvalue weighted by Crippen LogP contribution is -2.48. The van der Waals surface area contributed by atoms with E-state index in [4.69, 9.17) is 9.47 Å². The molecule has 2 aliphatic heterocycles. The van der Waals surface area contributed by atoms with Crippen LogP contribution >= 0.6 is 0 Å². The van der Waals surface area contributed by atoms with Crippen molar-refractivity contribution in [2.24, 2.45) is 0 Å². The summed E-state index contributed by atoms with van der Waals surface area (Å²) in [6.45, 7) is 7.11. The van der Waals surface area contributed by atoms with E-state index in [1.807, 2.05) is 30.3 Å². The van der Waals surface area contributed by atoms with Gasteiger partial charge in [-0.25, -0.2) is 0 Å². The van der Waals surface area contributed by atoms with Gasteiger partial charge in [-0.1, -0.05) is 18.2 Å². The summed E-state index contributed by atoms with van der Waals surface area (Å²) in [7, 11) is 0. The average molecular weight is 383 g/mol. The summed E-state index contributed by atoms with van der Waals surface area (Å²) in [6, 6.07) is 14.0. The second kappa shape index (κ2) is 9.01. The van der Waals surface area contributed by atoms with Crippen LogP contribution in [0.1, 0.15) is 17.7 Å². The number of nitrogens with zero attached hydrogens (tertiary/aromatic N) is 3. The SMILES string of the molecule is O[C@@]1(CN2CCOCC2)CCN(Cc2ccc(OCc3ccccn3)cc2)C1. The van der Waals surface area contributed by atoms with Crippen molar-refractivity contribution >= 4 is 0 Å². The van der Waals surface area contributed by atoms with Crippen LogP contribution in [0.3, 0.4) is 0 Å². The number of pyridine rings is 1. The first-order valence-corrected chi connectivity index (χ1v) is 10.1. The van der Waals surface area contributed by atoms with Gasteiger partial charge in [0.2, 0.25) is 0 Å². The molecule has 2 saturated heterocycles. The largest absolute Gasteiger partial charge is 0.487 e. The minimum atomic E-state index is -0.608. The summed E-state index contributed by atoms with van der Waals surface area (Å²) in [5, 5.41) is 11.0. The summed E-state index contributed by atoms with van der Waals surface area (Å²) in [5.74, 6) is 0.847. The highest BCUT2D eigenvalue weighted by atomic mass is 16.5. The Morgan fingerprint density at radius 1 is 1.04 bits per heavy atom. The van der Waals surface area contributed by atoms with Gasteiger partial charge in [-0.3, -0.25) is 14.8 Å². The van der Waals surface area contributed by atoms with Crippen molar-refractivity contribution in [1.82, 2.24) is 14.8 Å². The highest BCUT2D eigenvalue weighted by Gasteiger charge is 2.37. The van der Waals surface area contributed by atoms with E-state index in [0.717, 1.165) is 70.3 Å². The Morgan fingerprint density at radius 3 is 2.61 bits per heavy atom. The van der Waals surface area contributed by atoms with Crippen LogP contribution in [0.2, 0.25) is 0 Å². The molecule has 1 atom stereocenters. The lowest BCUT2D eigenvalue weighted by Gasteiger charge is -2.33. The van der Waals surface area contributed by atoms with E-state index in [2.05, 4.69) is 26.9 Å². The third-order valence-electron chi connectivity index (χ3n) is 5.48. The Labute approximate surface area is 166 Å². The van der Waals surface area contributed by atoms with E-state index in [0.29, 0.717) is 6.61 Å². The van der Waals surface area contributed by atoms with E-state index in [-0.39, 0.29) is 0 Å². The number of hydrogen-bond donors (Lipinski definition) is 1. The van der Waals surface area contributed by atoms with Crippen molar-refractivity contribution in [3.05, 3.63) is 59.9 Å². The Morgan fingerprint density at radius 2 is 1.86 bits per heavy atom.